The van der Waals surface area contributed by atoms with Crippen molar-refractivity contribution < 1.29 is 20.6 Å². The molecule has 1 heterocycles. The first kappa shape index (κ1) is 16.0. The lowest BCUT2D eigenvalue weighted by Gasteiger charge is -2.19. The molecule has 47 heavy (non-hydrogen) atoms. The van der Waals surface area contributed by atoms with Gasteiger partial charge in [-0.3, -0.25) is 4.57 Å². The molecule has 9 aromatic rings. The lowest BCUT2D eigenvalue weighted by atomic mass is 9.84. The standard InChI is InChI=1S/C45H32N2/c1-2-43-46-41-20-9-10-21-42(41)47(43)34-28-26-31(27-29-34)30-22-24-33(25-23-30)44-37-15-5-7-17-39(37)45(40-18-8-6-16-38(40)44)36-19-11-13-32-12-3-4-14-35(32)36/h3-29H,2H2,1H3/i3D,4D,5D,6D,7D,8D,11D,12D,13D,14D,15D,16D,17D,18D,19D. The summed E-state index contributed by atoms with van der Waals surface area (Å²) in [5.74, 6) is 0.912. The number of rotatable bonds is 5. The van der Waals surface area contributed by atoms with E-state index in [0.29, 0.717) is 5.56 Å². The van der Waals surface area contributed by atoms with E-state index in [9.17, 15) is 6.85 Å². The number of benzene rings is 8. The lowest BCUT2D eigenvalue weighted by molar-refractivity contribution is 0.908. The third kappa shape index (κ3) is 4.45. The Hall–Kier alpha value is -5.99. The largest absolute Gasteiger partial charge is 0.296 e. The van der Waals surface area contributed by atoms with Crippen molar-refractivity contribution in [2.24, 2.45) is 0 Å². The van der Waals surface area contributed by atoms with Gasteiger partial charge in [-0.1, -0.05) is 146 Å². The zero-order valence-corrected chi connectivity index (χ0v) is 25.0. The Morgan fingerprint density at radius 2 is 1.06 bits per heavy atom. The minimum absolute atomic E-state index is 0.0414. The molecule has 0 radical (unpaired) electrons. The van der Waals surface area contributed by atoms with Gasteiger partial charge in [0.15, 0.2) is 0 Å². The van der Waals surface area contributed by atoms with Crippen LogP contribution >= 0.6 is 0 Å². The third-order valence-corrected chi connectivity index (χ3v) is 8.52. The second kappa shape index (κ2) is 11.1. The third-order valence-electron chi connectivity index (χ3n) is 8.52. The van der Waals surface area contributed by atoms with E-state index in [2.05, 4.69) is 4.57 Å². The van der Waals surface area contributed by atoms with Crippen molar-refractivity contribution in [1.82, 2.24) is 9.55 Å². The normalized spacial score (nSPS) is 16.1. The summed E-state index contributed by atoms with van der Waals surface area (Å²) in [5.41, 5.74) is 4.01. The van der Waals surface area contributed by atoms with Gasteiger partial charge in [-0.25, -0.2) is 4.98 Å². The number of aromatic nitrogens is 2. The van der Waals surface area contributed by atoms with Crippen LogP contribution in [0, 0.1) is 0 Å². The first-order chi connectivity index (χ1) is 29.5. The Labute approximate surface area is 295 Å². The molecule has 2 nitrogen and oxygen atoms in total. The number of hydrogen-bond donors (Lipinski definition) is 0. The van der Waals surface area contributed by atoms with Crippen LogP contribution in [0.1, 0.15) is 33.3 Å². The van der Waals surface area contributed by atoms with Gasteiger partial charge in [-0.2, -0.15) is 0 Å². The van der Waals surface area contributed by atoms with Gasteiger partial charge in [0.25, 0.3) is 0 Å². The summed E-state index contributed by atoms with van der Waals surface area (Å²) >= 11 is 0. The van der Waals surface area contributed by atoms with Gasteiger partial charge >= 0.3 is 0 Å². The Kier molecular flexibility index (Phi) is 3.79. The van der Waals surface area contributed by atoms with E-state index in [1.165, 1.54) is 0 Å². The van der Waals surface area contributed by atoms with E-state index in [0.717, 1.165) is 40.1 Å². The van der Waals surface area contributed by atoms with Crippen LogP contribution in [0.15, 0.2) is 163 Å². The van der Waals surface area contributed by atoms with E-state index < -0.39 is 107 Å². The molecule has 0 unspecified atom stereocenters. The molecule has 0 saturated carbocycles. The second-order valence-corrected chi connectivity index (χ2v) is 11.1. The molecule has 0 N–H and O–H groups in total. The summed E-state index contributed by atoms with van der Waals surface area (Å²) in [6.07, 6.45) is 0.723. The van der Waals surface area contributed by atoms with Gasteiger partial charge in [-0.15, -0.1) is 0 Å². The van der Waals surface area contributed by atoms with Crippen molar-refractivity contribution in [2.45, 2.75) is 13.3 Å². The second-order valence-electron chi connectivity index (χ2n) is 11.1. The van der Waals surface area contributed by atoms with Gasteiger partial charge in [0.2, 0.25) is 0 Å². The average Bonchev–Trinajstić information content (AvgIpc) is 3.67. The van der Waals surface area contributed by atoms with Crippen LogP contribution in [0.25, 0.3) is 82.4 Å². The van der Waals surface area contributed by atoms with Gasteiger partial charge in [0.1, 0.15) is 5.82 Å². The fourth-order valence-electron chi connectivity index (χ4n) is 6.40. The number of nitrogens with zero attached hydrogens (tertiary/aromatic N) is 2. The monoisotopic (exact) mass is 615 g/mol. The smallest absolute Gasteiger partial charge is 0.114 e. The molecule has 0 aliphatic carbocycles. The van der Waals surface area contributed by atoms with Crippen molar-refractivity contribution >= 4 is 43.4 Å². The molecule has 1 aromatic heterocycles. The maximum absolute atomic E-state index is 9.32. The Bertz CT molecular complexity index is 3340. The highest BCUT2D eigenvalue weighted by atomic mass is 15.1. The molecule has 0 fully saturated rings. The summed E-state index contributed by atoms with van der Waals surface area (Å²) in [6.45, 7) is 2.05. The average molecular weight is 616 g/mol. The minimum atomic E-state index is -0.752. The zero-order chi connectivity index (χ0) is 44.4. The molecule has 8 aromatic carbocycles. The van der Waals surface area contributed by atoms with E-state index in [1.807, 2.05) is 55.5 Å². The lowest BCUT2D eigenvalue weighted by Crippen LogP contribution is -1.99. The quantitative estimate of drug-likeness (QED) is 0.176. The fraction of sp³-hybridized carbons (Fsp3) is 0.0444. The van der Waals surface area contributed by atoms with Crippen LogP contribution < -0.4 is 0 Å². The molecule has 0 spiro atoms. The SMILES string of the molecule is [2H]c1c([2H])c([2H])c2c(-c3c4c([2H])c([2H])c([2H])c([2H])c4c(-c4ccc(-c5ccc(-n6c(CC)nc7ccccc76)cc5)cc4)c4c([2H])c([2H])c([2H])c([2H])c34)c([2H])c([2H])c([2H])c2c1[2H]. The van der Waals surface area contributed by atoms with Crippen molar-refractivity contribution in [2.75, 3.05) is 0 Å². The predicted octanol–water partition coefficient (Wildman–Crippen LogP) is 12.0. The van der Waals surface area contributed by atoms with Crippen molar-refractivity contribution in [3.63, 3.8) is 0 Å². The molecule has 2 heteroatoms. The fourth-order valence-corrected chi connectivity index (χ4v) is 6.40. The molecule has 0 atom stereocenters. The Balaban J connectivity index is 1.36. The predicted molar refractivity (Wildman–Crippen MR) is 199 cm³/mol. The van der Waals surface area contributed by atoms with E-state index in [1.54, 1.807) is 24.3 Å². The van der Waals surface area contributed by atoms with Crippen molar-refractivity contribution in [1.29, 1.82) is 0 Å². The summed E-state index contributed by atoms with van der Waals surface area (Å²) in [4.78, 5) is 4.79. The maximum Gasteiger partial charge on any atom is 0.114 e. The highest BCUT2D eigenvalue weighted by Gasteiger charge is 2.18. The first-order valence-corrected chi connectivity index (χ1v) is 15.1. The summed E-state index contributed by atoms with van der Waals surface area (Å²) in [6, 6.07) is 12.7. The van der Waals surface area contributed by atoms with Crippen molar-refractivity contribution in [3.8, 4) is 39.1 Å². The van der Waals surface area contributed by atoms with Gasteiger partial charge < -0.3 is 0 Å². The van der Waals surface area contributed by atoms with Crippen LogP contribution in [-0.2, 0) is 6.42 Å². The minimum Gasteiger partial charge on any atom is -0.296 e. The van der Waals surface area contributed by atoms with Gasteiger partial charge in [-0.05, 0) is 90.0 Å². The Morgan fingerprint density at radius 1 is 0.532 bits per heavy atom. The first-order valence-electron chi connectivity index (χ1n) is 22.6. The highest BCUT2D eigenvalue weighted by molar-refractivity contribution is 6.23. The molecular weight excluding hydrogens is 569 g/mol. The van der Waals surface area contributed by atoms with E-state index in [4.69, 9.17) is 18.7 Å². The molecule has 222 valence electrons. The number of para-hydroxylation sites is 2. The summed E-state index contributed by atoms with van der Waals surface area (Å²) in [7, 11) is 0. The topological polar surface area (TPSA) is 17.8 Å². The molecular formula is C45H32N2. The number of aryl methyl sites for hydroxylation is 1. The van der Waals surface area contributed by atoms with Crippen molar-refractivity contribution in [3.05, 3.63) is 169 Å². The van der Waals surface area contributed by atoms with Crippen LogP contribution in [0.3, 0.4) is 0 Å². The Morgan fingerprint density at radius 3 is 1.72 bits per heavy atom. The molecule has 0 bridgehead atoms. The number of imidazole rings is 1. The van der Waals surface area contributed by atoms with E-state index in [-0.39, 0.29) is 32.7 Å². The zero-order valence-electron chi connectivity index (χ0n) is 40.0. The number of fused-ring (bicyclic) bond motifs is 4. The van der Waals surface area contributed by atoms with Crippen LogP contribution in [0.4, 0.5) is 0 Å². The molecule has 0 saturated heterocycles. The maximum atomic E-state index is 9.32. The summed E-state index contributed by atoms with van der Waals surface area (Å²) < 4.78 is 136. The molecule has 0 aliphatic heterocycles. The number of hydrogen-bond acceptors (Lipinski definition) is 1. The van der Waals surface area contributed by atoms with E-state index >= 15 is 0 Å². The van der Waals surface area contributed by atoms with Gasteiger partial charge in [0, 0.05) is 12.1 Å². The van der Waals surface area contributed by atoms with Crippen LogP contribution in [0.5, 0.6) is 0 Å². The van der Waals surface area contributed by atoms with Crippen LogP contribution in [0.2, 0.25) is 0 Å². The summed E-state index contributed by atoms with van der Waals surface area (Å²) in [5, 5.41) is -1.75. The molecule has 0 aliphatic rings. The molecule has 9 rings (SSSR count). The highest BCUT2D eigenvalue weighted by Crippen LogP contribution is 2.45. The molecule has 0 amide bonds. The van der Waals surface area contributed by atoms with Gasteiger partial charge in [0.05, 0.1) is 31.6 Å². The van der Waals surface area contributed by atoms with Crippen LogP contribution in [-0.4, -0.2) is 9.55 Å².